The van der Waals surface area contributed by atoms with Gasteiger partial charge in [-0.1, -0.05) is 35.5 Å². The van der Waals surface area contributed by atoms with Crippen LogP contribution in [0.4, 0.5) is 0 Å². The average molecular weight is 405 g/mol. The highest BCUT2D eigenvalue weighted by molar-refractivity contribution is 7.99. The maximum atomic E-state index is 6.13. The fourth-order valence-electron chi connectivity index (χ4n) is 2.53. The summed E-state index contributed by atoms with van der Waals surface area (Å²) in [6.07, 6.45) is 3.16. The van der Waals surface area contributed by atoms with E-state index in [1.165, 1.54) is 0 Å². The van der Waals surface area contributed by atoms with Crippen LogP contribution in [0.5, 0.6) is 5.75 Å². The van der Waals surface area contributed by atoms with Crippen molar-refractivity contribution in [2.45, 2.75) is 41.4 Å². The molecular formula is C16H16Cl3N3OS. The van der Waals surface area contributed by atoms with Crippen molar-refractivity contribution in [3.63, 3.8) is 0 Å². The average Bonchev–Trinajstić information content (AvgIpc) is 3.45. The van der Waals surface area contributed by atoms with Crippen LogP contribution in [0.1, 0.15) is 31.1 Å². The Morgan fingerprint density at radius 1 is 1.25 bits per heavy atom. The molecule has 4 nitrogen and oxygen atoms in total. The normalized spacial score (nSPS) is 21.7. The molecule has 0 radical (unpaired) electrons. The van der Waals surface area contributed by atoms with E-state index in [-0.39, 0.29) is 0 Å². The number of rotatable bonds is 7. The molecule has 0 N–H and O–H groups in total. The van der Waals surface area contributed by atoms with Crippen LogP contribution in [0.3, 0.4) is 0 Å². The first-order valence-electron chi connectivity index (χ1n) is 7.86. The van der Waals surface area contributed by atoms with Gasteiger partial charge in [-0.2, -0.15) is 0 Å². The number of para-hydroxylation sites is 1. The molecule has 4 rings (SSSR count). The molecule has 0 saturated heterocycles. The molecule has 24 heavy (non-hydrogen) atoms. The minimum Gasteiger partial charge on any atom is -0.484 e. The van der Waals surface area contributed by atoms with Gasteiger partial charge in [0.2, 0.25) is 0 Å². The maximum Gasteiger partial charge on any atom is 0.191 e. The van der Waals surface area contributed by atoms with Crippen molar-refractivity contribution in [1.29, 1.82) is 0 Å². The molecule has 1 heterocycles. The van der Waals surface area contributed by atoms with E-state index in [0.717, 1.165) is 36.0 Å². The number of aromatic nitrogens is 3. The third-order valence-electron chi connectivity index (χ3n) is 4.21. The van der Waals surface area contributed by atoms with E-state index in [9.17, 15) is 0 Å². The molecule has 8 heteroatoms. The lowest BCUT2D eigenvalue weighted by Gasteiger charge is -2.10. The van der Waals surface area contributed by atoms with Crippen LogP contribution in [0, 0.1) is 5.92 Å². The van der Waals surface area contributed by atoms with Crippen LogP contribution in [-0.2, 0) is 6.61 Å². The van der Waals surface area contributed by atoms with Gasteiger partial charge in [0.15, 0.2) is 11.0 Å². The topological polar surface area (TPSA) is 39.9 Å². The monoisotopic (exact) mass is 403 g/mol. The van der Waals surface area contributed by atoms with Crippen molar-refractivity contribution >= 4 is 46.6 Å². The fraction of sp³-hybridized carbons (Fsp3) is 0.500. The van der Waals surface area contributed by atoms with E-state index >= 15 is 0 Å². The van der Waals surface area contributed by atoms with Gasteiger partial charge in [0.25, 0.3) is 0 Å². The number of benzene rings is 1. The highest BCUT2D eigenvalue weighted by atomic mass is 35.5. The van der Waals surface area contributed by atoms with E-state index in [1.54, 1.807) is 11.8 Å². The van der Waals surface area contributed by atoms with Gasteiger partial charge in [-0.15, -0.1) is 33.4 Å². The Hall–Kier alpha value is -0.620. The molecule has 0 bridgehead atoms. The summed E-state index contributed by atoms with van der Waals surface area (Å²) < 4.78 is 7.46. The molecule has 2 aromatic rings. The second-order valence-corrected chi connectivity index (χ2v) is 9.13. The Kier molecular flexibility index (Phi) is 4.63. The molecule has 0 aliphatic heterocycles. The lowest BCUT2D eigenvalue weighted by atomic mass is 10.3. The van der Waals surface area contributed by atoms with E-state index < -0.39 is 4.33 Å². The van der Waals surface area contributed by atoms with Crippen molar-refractivity contribution in [3.05, 3.63) is 35.1 Å². The van der Waals surface area contributed by atoms with Gasteiger partial charge in [0.05, 0.1) is 5.02 Å². The van der Waals surface area contributed by atoms with Gasteiger partial charge in [0.1, 0.15) is 16.7 Å². The number of hydrogen-bond donors (Lipinski definition) is 0. The third kappa shape index (κ3) is 3.64. The quantitative estimate of drug-likeness (QED) is 0.473. The highest BCUT2D eigenvalue weighted by Crippen LogP contribution is 2.55. The standard InChI is InChI=1S/C16H16Cl3N3OS/c17-12-3-1-2-4-13(12)23-8-14-20-21-15(22(14)11-5-6-11)24-9-10-7-16(10,18)19/h1-4,10-11H,5-9H2/t10-/m0/s1. The summed E-state index contributed by atoms with van der Waals surface area (Å²) in [5.74, 6) is 2.69. The smallest absolute Gasteiger partial charge is 0.191 e. The van der Waals surface area contributed by atoms with Crippen LogP contribution in [-0.4, -0.2) is 24.9 Å². The zero-order valence-electron chi connectivity index (χ0n) is 12.8. The zero-order chi connectivity index (χ0) is 16.7. The second-order valence-electron chi connectivity index (χ2n) is 6.19. The van der Waals surface area contributed by atoms with Crippen molar-refractivity contribution in [2.24, 2.45) is 5.92 Å². The highest BCUT2D eigenvalue weighted by Gasteiger charge is 2.51. The van der Waals surface area contributed by atoms with Crippen molar-refractivity contribution in [3.8, 4) is 5.75 Å². The summed E-state index contributed by atoms with van der Waals surface area (Å²) in [6, 6.07) is 7.91. The van der Waals surface area contributed by atoms with Crippen LogP contribution >= 0.6 is 46.6 Å². The molecule has 2 aliphatic carbocycles. The van der Waals surface area contributed by atoms with Crippen molar-refractivity contribution in [2.75, 3.05) is 5.75 Å². The van der Waals surface area contributed by atoms with Crippen LogP contribution in [0.2, 0.25) is 5.02 Å². The minimum absolute atomic E-state index is 0.331. The molecule has 0 spiro atoms. The number of hydrogen-bond acceptors (Lipinski definition) is 4. The molecule has 1 aromatic carbocycles. The van der Waals surface area contributed by atoms with E-state index in [4.69, 9.17) is 39.5 Å². The lowest BCUT2D eigenvalue weighted by molar-refractivity contribution is 0.288. The van der Waals surface area contributed by atoms with Gasteiger partial charge in [-0.05, 0) is 31.4 Å². The number of nitrogens with zero attached hydrogens (tertiary/aromatic N) is 3. The van der Waals surface area contributed by atoms with Gasteiger partial charge in [-0.25, -0.2) is 0 Å². The SMILES string of the molecule is Clc1ccccc1OCc1nnc(SC[C@@H]2CC2(Cl)Cl)n1C1CC1. The number of thioether (sulfide) groups is 1. The number of alkyl halides is 2. The summed E-state index contributed by atoms with van der Waals surface area (Å²) >= 11 is 20.0. The third-order valence-corrected chi connectivity index (χ3v) is 6.55. The second kappa shape index (κ2) is 6.60. The Balaban J connectivity index is 1.44. The van der Waals surface area contributed by atoms with Crippen molar-refractivity contribution < 1.29 is 4.74 Å². The first-order chi connectivity index (χ1) is 11.5. The molecule has 2 saturated carbocycles. The largest absolute Gasteiger partial charge is 0.484 e. The van der Waals surface area contributed by atoms with E-state index in [0.29, 0.717) is 29.3 Å². The molecule has 0 amide bonds. The summed E-state index contributed by atoms with van der Waals surface area (Å²) in [5, 5.41) is 10.2. The summed E-state index contributed by atoms with van der Waals surface area (Å²) in [6.45, 7) is 0.353. The molecular weight excluding hydrogens is 389 g/mol. The molecule has 1 atom stereocenters. The van der Waals surface area contributed by atoms with Gasteiger partial charge >= 0.3 is 0 Å². The molecule has 2 aliphatic rings. The van der Waals surface area contributed by atoms with Crippen LogP contribution in [0.15, 0.2) is 29.4 Å². The fourth-order valence-corrected chi connectivity index (χ4v) is 4.68. The Morgan fingerprint density at radius 3 is 2.67 bits per heavy atom. The zero-order valence-corrected chi connectivity index (χ0v) is 15.9. The number of halogens is 3. The molecule has 1 aromatic heterocycles. The first-order valence-corrected chi connectivity index (χ1v) is 9.98. The number of ether oxygens (including phenoxy) is 1. The van der Waals surface area contributed by atoms with Crippen molar-refractivity contribution in [1.82, 2.24) is 14.8 Å². The summed E-state index contributed by atoms with van der Waals surface area (Å²) in [5.41, 5.74) is 0. The van der Waals surface area contributed by atoms with Gasteiger partial charge in [0, 0.05) is 17.7 Å². The maximum absolute atomic E-state index is 6.13. The molecule has 0 unspecified atom stereocenters. The first kappa shape index (κ1) is 16.8. The molecule has 128 valence electrons. The van der Waals surface area contributed by atoms with E-state index in [1.807, 2.05) is 24.3 Å². The Bertz CT molecular complexity index is 748. The summed E-state index contributed by atoms with van der Waals surface area (Å²) in [7, 11) is 0. The summed E-state index contributed by atoms with van der Waals surface area (Å²) in [4.78, 5) is 0. The Morgan fingerprint density at radius 2 is 2.00 bits per heavy atom. The van der Waals surface area contributed by atoms with Crippen LogP contribution in [0.25, 0.3) is 0 Å². The van der Waals surface area contributed by atoms with Gasteiger partial charge < -0.3 is 9.30 Å². The minimum atomic E-state index is -0.548. The van der Waals surface area contributed by atoms with Crippen LogP contribution < -0.4 is 4.74 Å². The predicted octanol–water partition coefficient (Wildman–Crippen LogP) is 5.13. The Labute approximate surface area is 159 Å². The van der Waals surface area contributed by atoms with Gasteiger partial charge in [-0.3, -0.25) is 0 Å². The lowest BCUT2D eigenvalue weighted by Crippen LogP contribution is -2.07. The predicted molar refractivity (Wildman–Crippen MR) is 97.3 cm³/mol. The molecule has 2 fully saturated rings. The van der Waals surface area contributed by atoms with E-state index in [2.05, 4.69) is 14.8 Å².